The van der Waals surface area contributed by atoms with Crippen molar-refractivity contribution < 1.29 is 4.79 Å². The van der Waals surface area contributed by atoms with Crippen LogP contribution in [0.5, 0.6) is 0 Å². The van der Waals surface area contributed by atoms with E-state index in [2.05, 4.69) is 5.32 Å². The Hall–Kier alpha value is -2.11. The molecule has 2 aromatic rings. The molecular formula is C21H26ClN3O2. The van der Waals surface area contributed by atoms with Crippen LogP contribution in [0, 0.1) is 5.92 Å². The fourth-order valence-electron chi connectivity index (χ4n) is 3.55. The van der Waals surface area contributed by atoms with Gasteiger partial charge in [0.1, 0.15) is 0 Å². The van der Waals surface area contributed by atoms with Crippen molar-refractivity contribution in [3.05, 3.63) is 69.1 Å². The number of amides is 1. The van der Waals surface area contributed by atoms with Crippen molar-refractivity contribution in [1.29, 1.82) is 0 Å². The van der Waals surface area contributed by atoms with Crippen molar-refractivity contribution >= 4 is 17.5 Å². The fourth-order valence-corrected chi connectivity index (χ4v) is 3.74. The molecule has 1 amide bonds. The summed E-state index contributed by atoms with van der Waals surface area (Å²) in [4.78, 5) is 27.0. The van der Waals surface area contributed by atoms with Crippen molar-refractivity contribution in [2.45, 2.75) is 25.8 Å². The lowest BCUT2D eigenvalue weighted by molar-refractivity contribution is 0.0686. The number of rotatable bonds is 6. The molecule has 0 spiro atoms. The van der Waals surface area contributed by atoms with E-state index in [1.807, 2.05) is 30.1 Å². The van der Waals surface area contributed by atoms with Crippen LogP contribution in [0.2, 0.25) is 5.02 Å². The maximum atomic E-state index is 12.9. The Bertz CT molecular complexity index is 841. The van der Waals surface area contributed by atoms with E-state index >= 15 is 0 Å². The predicted octanol–water partition coefficient (Wildman–Crippen LogP) is 3.01. The number of piperidine rings is 1. The average molecular weight is 388 g/mol. The molecule has 1 aliphatic heterocycles. The molecule has 6 heteroatoms. The molecule has 144 valence electrons. The topological polar surface area (TPSA) is 54.3 Å². The summed E-state index contributed by atoms with van der Waals surface area (Å²) in [7, 11) is 1.97. The molecule has 1 aromatic heterocycles. The number of carbonyl (C=O) groups excluding carboxylic acids is 1. The van der Waals surface area contributed by atoms with E-state index in [9.17, 15) is 9.59 Å². The molecule has 5 nitrogen and oxygen atoms in total. The van der Waals surface area contributed by atoms with E-state index < -0.39 is 0 Å². The van der Waals surface area contributed by atoms with Crippen LogP contribution in [-0.4, -0.2) is 42.1 Å². The summed E-state index contributed by atoms with van der Waals surface area (Å²) in [6, 6.07) is 10.5. The van der Waals surface area contributed by atoms with Gasteiger partial charge in [-0.3, -0.25) is 9.59 Å². The molecule has 1 saturated heterocycles. The lowest BCUT2D eigenvalue weighted by atomic mass is 9.93. The molecule has 27 heavy (non-hydrogen) atoms. The molecule has 0 aliphatic carbocycles. The molecule has 2 heterocycles. The van der Waals surface area contributed by atoms with Gasteiger partial charge in [-0.25, -0.2) is 0 Å². The van der Waals surface area contributed by atoms with E-state index in [0.717, 1.165) is 44.5 Å². The minimum atomic E-state index is -0.141. The van der Waals surface area contributed by atoms with Crippen LogP contribution in [0.3, 0.4) is 0 Å². The van der Waals surface area contributed by atoms with Gasteiger partial charge in [-0.1, -0.05) is 29.8 Å². The quantitative estimate of drug-likeness (QED) is 0.828. The second kappa shape index (κ2) is 9.20. The van der Waals surface area contributed by atoms with Crippen LogP contribution in [0.25, 0.3) is 0 Å². The zero-order chi connectivity index (χ0) is 19.2. The van der Waals surface area contributed by atoms with E-state index in [-0.39, 0.29) is 11.5 Å². The summed E-state index contributed by atoms with van der Waals surface area (Å²) in [5.41, 5.74) is 1.27. The third-order valence-corrected chi connectivity index (χ3v) is 5.60. The first-order valence-corrected chi connectivity index (χ1v) is 9.84. The molecule has 0 atom stereocenters. The highest BCUT2D eigenvalue weighted by Crippen LogP contribution is 2.21. The first-order valence-electron chi connectivity index (χ1n) is 9.46. The number of hydrogen-bond donors (Lipinski definition) is 1. The molecule has 1 fully saturated rings. The summed E-state index contributed by atoms with van der Waals surface area (Å²) in [5, 5.41) is 3.80. The first-order chi connectivity index (χ1) is 13.1. The maximum Gasteiger partial charge on any atom is 0.255 e. The van der Waals surface area contributed by atoms with Gasteiger partial charge < -0.3 is 14.8 Å². The fraction of sp³-hybridized carbons (Fsp3) is 0.429. The molecule has 0 radical (unpaired) electrons. The largest absolute Gasteiger partial charge is 0.339 e. The van der Waals surface area contributed by atoms with Crippen molar-refractivity contribution in [3.8, 4) is 0 Å². The second-order valence-corrected chi connectivity index (χ2v) is 7.51. The third-order valence-electron chi connectivity index (χ3n) is 5.23. The van der Waals surface area contributed by atoms with Gasteiger partial charge in [-0.2, -0.15) is 0 Å². The van der Waals surface area contributed by atoms with Gasteiger partial charge >= 0.3 is 0 Å². The van der Waals surface area contributed by atoms with Crippen LogP contribution in [-0.2, 0) is 6.54 Å². The van der Waals surface area contributed by atoms with Gasteiger partial charge in [0.25, 0.3) is 11.5 Å². The van der Waals surface area contributed by atoms with Crippen LogP contribution >= 0.6 is 11.6 Å². The Morgan fingerprint density at radius 3 is 2.63 bits per heavy atom. The Labute approximate surface area is 164 Å². The summed E-state index contributed by atoms with van der Waals surface area (Å²) in [5.74, 6) is 0.672. The normalized spacial score (nSPS) is 15.1. The van der Waals surface area contributed by atoms with E-state index in [1.165, 1.54) is 6.07 Å². The highest BCUT2D eigenvalue weighted by molar-refractivity contribution is 6.31. The Morgan fingerprint density at radius 2 is 1.93 bits per heavy atom. The summed E-state index contributed by atoms with van der Waals surface area (Å²) in [6.45, 7) is 2.92. The van der Waals surface area contributed by atoms with Gasteiger partial charge in [0.2, 0.25) is 0 Å². The number of hydrogen-bond acceptors (Lipinski definition) is 3. The standard InChI is InChI=1S/C21H26ClN3O2/c1-23-11-8-16-9-12-24(13-10-16)21(27)18-6-7-20(26)25(15-18)14-17-4-2-3-5-19(17)22/h2-7,15-16,23H,8-14H2,1H3. The maximum absolute atomic E-state index is 12.9. The molecule has 3 rings (SSSR count). The predicted molar refractivity (Wildman–Crippen MR) is 108 cm³/mol. The molecule has 1 N–H and O–H groups in total. The lowest BCUT2D eigenvalue weighted by Gasteiger charge is -2.32. The van der Waals surface area contributed by atoms with E-state index in [4.69, 9.17) is 11.6 Å². The van der Waals surface area contributed by atoms with Crippen LogP contribution < -0.4 is 10.9 Å². The van der Waals surface area contributed by atoms with Crippen molar-refractivity contribution in [2.24, 2.45) is 5.92 Å². The molecule has 0 saturated carbocycles. The van der Waals surface area contributed by atoms with Gasteiger partial charge in [-0.05, 0) is 56.5 Å². The Balaban J connectivity index is 1.69. The molecule has 1 aromatic carbocycles. The number of carbonyl (C=O) groups is 1. The second-order valence-electron chi connectivity index (χ2n) is 7.10. The molecule has 0 bridgehead atoms. The zero-order valence-electron chi connectivity index (χ0n) is 15.7. The number of halogens is 1. The van der Waals surface area contributed by atoms with Gasteiger partial charge in [0.05, 0.1) is 12.1 Å². The first kappa shape index (κ1) is 19.6. The number of likely N-dealkylation sites (tertiary alicyclic amines) is 1. The third kappa shape index (κ3) is 4.99. The lowest BCUT2D eigenvalue weighted by Crippen LogP contribution is -2.39. The van der Waals surface area contributed by atoms with Crippen molar-refractivity contribution in [2.75, 3.05) is 26.7 Å². The average Bonchev–Trinajstić information content (AvgIpc) is 2.69. The van der Waals surface area contributed by atoms with Gasteiger partial charge in [0.15, 0.2) is 0 Å². The van der Waals surface area contributed by atoms with Gasteiger partial charge in [-0.15, -0.1) is 0 Å². The number of nitrogens with zero attached hydrogens (tertiary/aromatic N) is 2. The SMILES string of the molecule is CNCCC1CCN(C(=O)c2ccc(=O)n(Cc3ccccc3Cl)c2)CC1. The monoisotopic (exact) mass is 387 g/mol. The minimum Gasteiger partial charge on any atom is -0.339 e. The van der Waals surface area contributed by atoms with Gasteiger partial charge in [0, 0.05) is 30.4 Å². The number of benzene rings is 1. The molecule has 0 unspecified atom stereocenters. The van der Waals surface area contributed by atoms with E-state index in [0.29, 0.717) is 23.0 Å². The van der Waals surface area contributed by atoms with Crippen LogP contribution in [0.15, 0.2) is 47.4 Å². The number of aromatic nitrogens is 1. The summed E-state index contributed by atoms with van der Waals surface area (Å²) >= 11 is 6.21. The Morgan fingerprint density at radius 1 is 1.19 bits per heavy atom. The van der Waals surface area contributed by atoms with Crippen molar-refractivity contribution in [3.63, 3.8) is 0 Å². The van der Waals surface area contributed by atoms with E-state index in [1.54, 1.807) is 22.9 Å². The van der Waals surface area contributed by atoms with Crippen LogP contribution in [0.4, 0.5) is 0 Å². The zero-order valence-corrected chi connectivity index (χ0v) is 16.4. The van der Waals surface area contributed by atoms with Crippen LogP contribution in [0.1, 0.15) is 35.2 Å². The summed E-state index contributed by atoms with van der Waals surface area (Å²) < 4.78 is 1.55. The smallest absolute Gasteiger partial charge is 0.255 e. The number of pyridine rings is 1. The van der Waals surface area contributed by atoms with Crippen molar-refractivity contribution in [1.82, 2.24) is 14.8 Å². The minimum absolute atomic E-state index is 0.00465. The molecular weight excluding hydrogens is 362 g/mol. The molecule has 1 aliphatic rings. The highest BCUT2D eigenvalue weighted by Gasteiger charge is 2.23. The Kier molecular flexibility index (Phi) is 6.69. The highest BCUT2D eigenvalue weighted by atomic mass is 35.5. The number of nitrogens with one attached hydrogen (secondary N) is 1. The summed E-state index contributed by atoms with van der Waals surface area (Å²) in [6.07, 6.45) is 4.88.